The molecule has 1 saturated carbocycles. The minimum absolute atomic E-state index is 0.544. The van der Waals surface area contributed by atoms with Crippen molar-refractivity contribution < 1.29 is 0 Å². The molecule has 3 rings (SSSR count). The van der Waals surface area contributed by atoms with Crippen LogP contribution in [0.1, 0.15) is 25.7 Å². The van der Waals surface area contributed by atoms with E-state index in [1.54, 1.807) is 0 Å². The molecular formula is C14H16ClIN2S. The molecule has 0 spiro atoms. The Labute approximate surface area is 136 Å². The zero-order valence-electron chi connectivity index (χ0n) is 10.5. The highest BCUT2D eigenvalue weighted by molar-refractivity contribution is 14.1. The van der Waals surface area contributed by atoms with E-state index in [1.165, 1.54) is 31.4 Å². The number of hydrogen-bond donors (Lipinski definition) is 1. The Balaban J connectivity index is 1.74. The molecule has 0 bridgehead atoms. The molecule has 1 aromatic carbocycles. The minimum atomic E-state index is 0.544. The van der Waals surface area contributed by atoms with Crippen molar-refractivity contribution in [2.75, 3.05) is 11.1 Å². The van der Waals surface area contributed by atoms with Crippen LogP contribution < -0.4 is 5.32 Å². The summed E-state index contributed by atoms with van der Waals surface area (Å²) in [5.41, 5.74) is 1.10. The van der Waals surface area contributed by atoms with E-state index in [0.717, 1.165) is 25.4 Å². The normalized spacial score (nSPS) is 26.5. The number of benzene rings is 1. The molecule has 5 heteroatoms. The highest BCUT2D eigenvalue weighted by Crippen LogP contribution is 2.34. The molecule has 1 aromatic rings. The van der Waals surface area contributed by atoms with E-state index in [0.29, 0.717) is 6.04 Å². The molecule has 0 saturated heterocycles. The number of nitrogens with zero attached hydrogens (tertiary/aromatic N) is 1. The number of anilines is 1. The summed E-state index contributed by atoms with van der Waals surface area (Å²) < 4.78 is 1.14. The number of amidine groups is 1. The first-order chi connectivity index (χ1) is 9.22. The molecule has 2 nitrogen and oxygen atoms in total. The monoisotopic (exact) mass is 406 g/mol. The van der Waals surface area contributed by atoms with Crippen LogP contribution >= 0.6 is 46.0 Å². The lowest BCUT2D eigenvalue weighted by atomic mass is 9.86. The highest BCUT2D eigenvalue weighted by Gasteiger charge is 2.29. The molecule has 102 valence electrons. The third kappa shape index (κ3) is 3.39. The average Bonchev–Trinajstić information content (AvgIpc) is 2.42. The summed E-state index contributed by atoms with van der Waals surface area (Å²) in [4.78, 5) is 4.89. The summed E-state index contributed by atoms with van der Waals surface area (Å²) >= 11 is 10.2. The Kier molecular flexibility index (Phi) is 4.59. The van der Waals surface area contributed by atoms with E-state index < -0.39 is 0 Å². The van der Waals surface area contributed by atoms with E-state index in [9.17, 15) is 0 Å². The fourth-order valence-corrected chi connectivity index (χ4v) is 4.86. The van der Waals surface area contributed by atoms with Gasteiger partial charge in [-0.2, -0.15) is 0 Å². The number of thioether (sulfide) groups is 1. The summed E-state index contributed by atoms with van der Waals surface area (Å²) in [6.45, 7) is 0. The number of fused-ring (bicyclic) bond motifs is 1. The third-order valence-electron chi connectivity index (χ3n) is 3.76. The molecule has 0 amide bonds. The van der Waals surface area contributed by atoms with Crippen LogP contribution in [0.2, 0.25) is 5.02 Å². The standard InChI is InChI=1S/C14H16ClIN2S/c15-10-5-6-13(11(16)7-10)18-14-17-12-4-2-1-3-9(12)8-19-14/h5-7,9,12H,1-4,8H2,(H,17,18). The van der Waals surface area contributed by atoms with Crippen molar-refractivity contribution in [2.45, 2.75) is 31.7 Å². The van der Waals surface area contributed by atoms with Gasteiger partial charge in [0, 0.05) is 14.3 Å². The number of halogens is 2. The van der Waals surface area contributed by atoms with Crippen molar-refractivity contribution >= 4 is 56.8 Å². The van der Waals surface area contributed by atoms with Crippen LogP contribution in [0.5, 0.6) is 0 Å². The average molecular weight is 407 g/mol. The Morgan fingerprint density at radius 3 is 3.00 bits per heavy atom. The summed E-state index contributed by atoms with van der Waals surface area (Å²) in [5.74, 6) is 2.01. The topological polar surface area (TPSA) is 24.4 Å². The highest BCUT2D eigenvalue weighted by atomic mass is 127. The lowest BCUT2D eigenvalue weighted by Gasteiger charge is -2.32. The van der Waals surface area contributed by atoms with E-state index in [4.69, 9.17) is 16.6 Å². The lowest BCUT2D eigenvalue weighted by Crippen LogP contribution is -2.31. The van der Waals surface area contributed by atoms with E-state index in [2.05, 4.69) is 27.9 Å². The van der Waals surface area contributed by atoms with Crippen LogP contribution in [-0.2, 0) is 0 Å². The maximum Gasteiger partial charge on any atom is 0.161 e. The van der Waals surface area contributed by atoms with Gasteiger partial charge in [0.05, 0.1) is 11.7 Å². The Bertz CT molecular complexity index is 506. The molecule has 2 unspecified atom stereocenters. The Morgan fingerprint density at radius 1 is 1.32 bits per heavy atom. The van der Waals surface area contributed by atoms with Crippen molar-refractivity contribution in [2.24, 2.45) is 10.9 Å². The van der Waals surface area contributed by atoms with Crippen molar-refractivity contribution in [1.82, 2.24) is 0 Å². The molecule has 0 radical (unpaired) electrons. The second-order valence-corrected chi connectivity index (χ2v) is 7.71. The lowest BCUT2D eigenvalue weighted by molar-refractivity contribution is 0.336. The van der Waals surface area contributed by atoms with Gasteiger partial charge in [0.25, 0.3) is 0 Å². The van der Waals surface area contributed by atoms with Gasteiger partial charge in [-0.25, -0.2) is 0 Å². The van der Waals surface area contributed by atoms with Crippen molar-refractivity contribution in [1.29, 1.82) is 0 Å². The van der Waals surface area contributed by atoms with E-state index >= 15 is 0 Å². The predicted molar refractivity (Wildman–Crippen MR) is 93.4 cm³/mol. The van der Waals surface area contributed by atoms with Crippen LogP contribution in [0.3, 0.4) is 0 Å². The summed E-state index contributed by atoms with van der Waals surface area (Å²) in [6, 6.07) is 6.47. The van der Waals surface area contributed by atoms with Crippen LogP contribution in [-0.4, -0.2) is 17.0 Å². The van der Waals surface area contributed by atoms with Gasteiger partial charge in [-0.1, -0.05) is 36.2 Å². The second-order valence-electron chi connectivity index (χ2n) is 5.11. The summed E-state index contributed by atoms with van der Waals surface area (Å²) in [5, 5.41) is 5.31. The fourth-order valence-electron chi connectivity index (χ4n) is 2.70. The zero-order chi connectivity index (χ0) is 13.2. The largest absolute Gasteiger partial charge is 0.334 e. The first-order valence-corrected chi connectivity index (χ1v) is 9.09. The van der Waals surface area contributed by atoms with Gasteiger partial charge in [0.2, 0.25) is 0 Å². The fraction of sp³-hybridized carbons (Fsp3) is 0.500. The summed E-state index contributed by atoms with van der Waals surface area (Å²) in [7, 11) is 0. The predicted octanol–water partition coefficient (Wildman–Crippen LogP) is 5.02. The van der Waals surface area contributed by atoms with Gasteiger partial charge in [-0.15, -0.1) is 0 Å². The van der Waals surface area contributed by atoms with Gasteiger partial charge in [-0.05, 0) is 59.5 Å². The third-order valence-corrected chi connectivity index (χ3v) is 5.96. The zero-order valence-corrected chi connectivity index (χ0v) is 14.3. The van der Waals surface area contributed by atoms with Gasteiger partial charge < -0.3 is 5.32 Å². The molecule has 1 aliphatic carbocycles. The molecule has 1 heterocycles. The van der Waals surface area contributed by atoms with E-state index in [-0.39, 0.29) is 0 Å². The van der Waals surface area contributed by atoms with Crippen LogP contribution in [0, 0.1) is 9.49 Å². The van der Waals surface area contributed by atoms with Crippen molar-refractivity contribution in [3.05, 3.63) is 26.8 Å². The Hall–Kier alpha value is 0.0600. The molecule has 2 aliphatic rings. The molecule has 0 aromatic heterocycles. The number of rotatable bonds is 1. The van der Waals surface area contributed by atoms with Crippen molar-refractivity contribution in [3.63, 3.8) is 0 Å². The smallest absolute Gasteiger partial charge is 0.161 e. The van der Waals surface area contributed by atoms with Gasteiger partial charge in [0.15, 0.2) is 5.17 Å². The minimum Gasteiger partial charge on any atom is -0.334 e. The molecule has 1 N–H and O–H groups in total. The van der Waals surface area contributed by atoms with Crippen molar-refractivity contribution in [3.8, 4) is 0 Å². The first kappa shape index (κ1) is 14.0. The van der Waals surface area contributed by atoms with Gasteiger partial charge in [-0.3, -0.25) is 4.99 Å². The van der Waals surface area contributed by atoms with Crippen LogP contribution in [0.4, 0.5) is 5.69 Å². The molecule has 1 fully saturated rings. The molecule has 2 atom stereocenters. The molecule has 19 heavy (non-hydrogen) atoms. The van der Waals surface area contributed by atoms with Gasteiger partial charge >= 0.3 is 0 Å². The maximum absolute atomic E-state index is 5.98. The van der Waals surface area contributed by atoms with Gasteiger partial charge in [0.1, 0.15) is 0 Å². The number of nitrogens with one attached hydrogen (secondary N) is 1. The SMILES string of the molecule is Clc1ccc(NC2=NC3CCCCC3CS2)c(I)c1. The van der Waals surface area contributed by atoms with Crippen LogP contribution in [0.15, 0.2) is 23.2 Å². The maximum atomic E-state index is 5.98. The van der Waals surface area contributed by atoms with E-state index in [1.807, 2.05) is 30.0 Å². The molecular weight excluding hydrogens is 391 g/mol. The summed E-state index contributed by atoms with van der Waals surface area (Å²) in [6.07, 6.45) is 5.33. The van der Waals surface area contributed by atoms with Crippen LogP contribution in [0.25, 0.3) is 0 Å². The number of hydrogen-bond acceptors (Lipinski definition) is 3. The quantitative estimate of drug-likeness (QED) is 0.662. The second kappa shape index (κ2) is 6.22. The number of aliphatic imine (C=N–C) groups is 1. The first-order valence-electron chi connectivity index (χ1n) is 6.65. The Morgan fingerprint density at radius 2 is 2.16 bits per heavy atom. The molecule has 1 aliphatic heterocycles.